The second-order valence-corrected chi connectivity index (χ2v) is 2.88. The van der Waals surface area contributed by atoms with Crippen LogP contribution in [0.4, 0.5) is 0 Å². The molecule has 0 spiro atoms. The number of halogens is 1. The van der Waals surface area contributed by atoms with E-state index in [1.807, 2.05) is 18.2 Å². The Morgan fingerprint density at radius 3 is 2.33 bits per heavy atom. The van der Waals surface area contributed by atoms with Gasteiger partial charge >= 0.3 is 0 Å². The van der Waals surface area contributed by atoms with Crippen LogP contribution >= 0.6 is 22.6 Å². The number of benzene rings is 1. The Morgan fingerprint density at radius 2 is 2.00 bits per heavy atom. The summed E-state index contributed by atoms with van der Waals surface area (Å²) in [6, 6.07) is 8.09. The first-order valence-corrected chi connectivity index (χ1v) is 3.44. The fraction of sp³-hybridized carbons (Fsp3) is 0. The molecule has 43 valence electrons. The molecule has 0 heterocycles. The van der Waals surface area contributed by atoms with Gasteiger partial charge in [0.2, 0.25) is 0 Å². The van der Waals surface area contributed by atoms with Gasteiger partial charge in [-0.1, -0.05) is 12.1 Å². The summed E-state index contributed by atoms with van der Waals surface area (Å²) in [6.07, 6.45) is 0. The van der Waals surface area contributed by atoms with Crippen molar-refractivity contribution in [3.8, 4) is 0 Å². The topological polar surface area (TPSA) is 0 Å². The normalized spacial score (nSPS) is 8.22. The predicted molar refractivity (Wildman–Crippen MR) is 43.6 cm³/mol. The maximum Gasteiger partial charge on any atom is 0.0133 e. The van der Waals surface area contributed by atoms with Crippen molar-refractivity contribution in [2.45, 2.75) is 0 Å². The maximum atomic E-state index is 3.78. The Labute approximate surface area is 81.9 Å². The molecule has 0 saturated heterocycles. The van der Waals surface area contributed by atoms with E-state index in [1.54, 1.807) is 0 Å². The standard InChI is InChI=1S/C7H6I.Zn/c1-6-3-2-4-7(8)5-6;/h2-5H,1H2;. The van der Waals surface area contributed by atoms with E-state index >= 15 is 0 Å². The zero-order valence-electron chi connectivity index (χ0n) is 5.10. The molecule has 0 aromatic heterocycles. The Kier molecular flexibility index (Phi) is 4.68. The van der Waals surface area contributed by atoms with Gasteiger partial charge in [0, 0.05) is 23.0 Å². The van der Waals surface area contributed by atoms with Crippen molar-refractivity contribution in [3.63, 3.8) is 0 Å². The molecule has 0 bridgehead atoms. The summed E-state index contributed by atoms with van der Waals surface area (Å²) in [4.78, 5) is 0. The summed E-state index contributed by atoms with van der Waals surface area (Å²) in [5.41, 5.74) is 1.08. The quantitative estimate of drug-likeness (QED) is 0.506. The monoisotopic (exact) mass is 281 g/mol. The van der Waals surface area contributed by atoms with E-state index in [0.29, 0.717) is 0 Å². The fourth-order valence-corrected chi connectivity index (χ4v) is 1.14. The molecule has 0 nitrogen and oxygen atoms in total. The largest absolute Gasteiger partial charge is 0.0609 e. The fourth-order valence-electron chi connectivity index (χ4n) is 0.537. The van der Waals surface area contributed by atoms with Crippen molar-refractivity contribution in [2.24, 2.45) is 0 Å². The van der Waals surface area contributed by atoms with E-state index < -0.39 is 0 Å². The van der Waals surface area contributed by atoms with Crippen molar-refractivity contribution >= 4 is 22.6 Å². The molecular weight excluding hydrogens is 276 g/mol. The Hall–Kier alpha value is 0.573. The molecule has 0 amide bonds. The van der Waals surface area contributed by atoms with Crippen LogP contribution in [0.3, 0.4) is 0 Å². The van der Waals surface area contributed by atoms with Gasteiger partial charge in [0.1, 0.15) is 0 Å². The third-order valence-corrected chi connectivity index (χ3v) is 1.56. The molecule has 9 heavy (non-hydrogen) atoms. The molecule has 1 aromatic rings. The van der Waals surface area contributed by atoms with E-state index in [-0.39, 0.29) is 19.5 Å². The molecular formula is C7H6IZn. The van der Waals surface area contributed by atoms with Crippen molar-refractivity contribution in [3.05, 3.63) is 40.3 Å². The van der Waals surface area contributed by atoms with Crippen molar-refractivity contribution in [1.29, 1.82) is 0 Å². The first-order valence-electron chi connectivity index (χ1n) is 2.36. The van der Waals surface area contributed by atoms with Gasteiger partial charge in [0.25, 0.3) is 0 Å². The molecule has 0 unspecified atom stereocenters. The minimum absolute atomic E-state index is 0. The van der Waals surface area contributed by atoms with E-state index in [4.69, 9.17) is 0 Å². The SMILES string of the molecule is [CH2]c1cccc(I)c1.[Zn]. The summed E-state index contributed by atoms with van der Waals surface area (Å²) < 4.78 is 1.25. The summed E-state index contributed by atoms with van der Waals surface area (Å²) in [6.45, 7) is 3.78. The predicted octanol–water partition coefficient (Wildman–Crippen LogP) is 2.47. The van der Waals surface area contributed by atoms with E-state index in [0.717, 1.165) is 5.56 Å². The minimum atomic E-state index is 0. The zero-order chi connectivity index (χ0) is 5.98. The molecule has 0 aliphatic carbocycles. The smallest absolute Gasteiger partial charge is 0.0133 e. The maximum absolute atomic E-state index is 3.78. The molecule has 0 saturated carbocycles. The van der Waals surface area contributed by atoms with Crippen LogP contribution in [0.1, 0.15) is 5.56 Å². The Balaban J connectivity index is 0.000000640. The van der Waals surface area contributed by atoms with E-state index in [9.17, 15) is 0 Å². The Morgan fingerprint density at radius 1 is 1.33 bits per heavy atom. The zero-order valence-corrected chi connectivity index (χ0v) is 10.2. The van der Waals surface area contributed by atoms with Gasteiger partial charge in [-0.05, 0) is 47.2 Å². The molecule has 0 aliphatic heterocycles. The van der Waals surface area contributed by atoms with Gasteiger partial charge in [0.15, 0.2) is 0 Å². The van der Waals surface area contributed by atoms with Gasteiger partial charge in [-0.2, -0.15) is 0 Å². The molecule has 0 aliphatic rings. The van der Waals surface area contributed by atoms with Crippen molar-refractivity contribution < 1.29 is 19.5 Å². The first-order chi connectivity index (χ1) is 3.79. The second-order valence-electron chi connectivity index (χ2n) is 1.63. The molecule has 1 aromatic carbocycles. The molecule has 0 fully saturated rings. The second kappa shape index (κ2) is 4.40. The van der Waals surface area contributed by atoms with Crippen LogP contribution in [0.5, 0.6) is 0 Å². The molecule has 1 radical (unpaired) electrons. The van der Waals surface area contributed by atoms with Crippen LogP contribution in [-0.4, -0.2) is 0 Å². The number of hydrogen-bond acceptors (Lipinski definition) is 0. The van der Waals surface area contributed by atoms with E-state index in [2.05, 4.69) is 35.6 Å². The van der Waals surface area contributed by atoms with Crippen LogP contribution < -0.4 is 0 Å². The summed E-state index contributed by atoms with van der Waals surface area (Å²) in [7, 11) is 0. The van der Waals surface area contributed by atoms with Crippen LogP contribution in [-0.2, 0) is 19.5 Å². The third kappa shape index (κ3) is 3.31. The summed E-state index contributed by atoms with van der Waals surface area (Å²) in [5.74, 6) is 0. The first kappa shape index (κ1) is 9.57. The van der Waals surface area contributed by atoms with Crippen molar-refractivity contribution in [2.75, 3.05) is 0 Å². The molecule has 0 atom stereocenters. The van der Waals surface area contributed by atoms with Gasteiger partial charge in [-0.25, -0.2) is 0 Å². The number of hydrogen-bond donors (Lipinski definition) is 0. The average molecular weight is 282 g/mol. The van der Waals surface area contributed by atoms with Crippen LogP contribution in [0, 0.1) is 10.5 Å². The van der Waals surface area contributed by atoms with Gasteiger partial charge in [-0.3, -0.25) is 0 Å². The van der Waals surface area contributed by atoms with Crippen LogP contribution in [0.2, 0.25) is 0 Å². The molecule has 2 heteroatoms. The Bertz CT molecular complexity index is 169. The third-order valence-electron chi connectivity index (χ3n) is 0.889. The van der Waals surface area contributed by atoms with Crippen molar-refractivity contribution in [1.82, 2.24) is 0 Å². The minimum Gasteiger partial charge on any atom is -0.0609 e. The van der Waals surface area contributed by atoms with Gasteiger partial charge < -0.3 is 0 Å². The average Bonchev–Trinajstić information content (AvgIpc) is 1.64. The van der Waals surface area contributed by atoms with Gasteiger partial charge in [-0.15, -0.1) is 0 Å². The van der Waals surface area contributed by atoms with Gasteiger partial charge in [0.05, 0.1) is 0 Å². The molecule has 1 rings (SSSR count). The summed E-state index contributed by atoms with van der Waals surface area (Å²) >= 11 is 2.27. The summed E-state index contributed by atoms with van der Waals surface area (Å²) in [5, 5.41) is 0. The van der Waals surface area contributed by atoms with Crippen LogP contribution in [0.25, 0.3) is 0 Å². The molecule has 0 N–H and O–H groups in total. The van der Waals surface area contributed by atoms with E-state index in [1.165, 1.54) is 3.57 Å². The number of rotatable bonds is 0. The van der Waals surface area contributed by atoms with Crippen LogP contribution in [0.15, 0.2) is 24.3 Å².